The Kier molecular flexibility index (Phi) is 5.40. The van der Waals surface area contributed by atoms with E-state index < -0.39 is 0 Å². The third kappa shape index (κ3) is 3.18. The van der Waals surface area contributed by atoms with E-state index in [-0.39, 0.29) is 0 Å². The lowest BCUT2D eigenvalue weighted by atomic mass is 9.90. The Morgan fingerprint density at radius 3 is 3.00 bits per heavy atom. The largest absolute Gasteiger partial charge is 0.378 e. The van der Waals surface area contributed by atoms with Gasteiger partial charge < -0.3 is 14.6 Å². The van der Waals surface area contributed by atoms with Crippen molar-refractivity contribution in [1.82, 2.24) is 14.9 Å². The van der Waals surface area contributed by atoms with Crippen LogP contribution in [0.2, 0.25) is 0 Å². The summed E-state index contributed by atoms with van der Waals surface area (Å²) >= 11 is 0. The highest BCUT2D eigenvalue weighted by molar-refractivity contribution is 5.04. The molecule has 0 bridgehead atoms. The van der Waals surface area contributed by atoms with E-state index in [0.29, 0.717) is 18.1 Å². The van der Waals surface area contributed by atoms with Crippen molar-refractivity contribution in [1.29, 1.82) is 0 Å². The normalized spacial score (nSPS) is 24.8. The van der Waals surface area contributed by atoms with Crippen LogP contribution in [0.25, 0.3) is 0 Å². The molecule has 0 radical (unpaired) electrons. The Morgan fingerprint density at radius 2 is 2.32 bits per heavy atom. The SMILES string of the molecule is CCCNC(c1nccn1CC)C1CCOC1CC. The number of imidazole rings is 1. The summed E-state index contributed by atoms with van der Waals surface area (Å²) < 4.78 is 8.12. The van der Waals surface area contributed by atoms with Gasteiger partial charge in [0.05, 0.1) is 12.1 Å². The smallest absolute Gasteiger partial charge is 0.126 e. The Labute approximate surface area is 116 Å². The number of nitrogens with one attached hydrogen (secondary N) is 1. The molecular weight excluding hydrogens is 238 g/mol. The van der Waals surface area contributed by atoms with E-state index in [9.17, 15) is 0 Å². The van der Waals surface area contributed by atoms with Crippen molar-refractivity contribution in [2.24, 2.45) is 5.92 Å². The zero-order valence-corrected chi connectivity index (χ0v) is 12.4. The maximum absolute atomic E-state index is 5.87. The fraction of sp³-hybridized carbons (Fsp3) is 0.800. The zero-order valence-electron chi connectivity index (χ0n) is 12.4. The summed E-state index contributed by atoms with van der Waals surface area (Å²) in [4.78, 5) is 4.60. The van der Waals surface area contributed by atoms with Gasteiger partial charge >= 0.3 is 0 Å². The van der Waals surface area contributed by atoms with Gasteiger partial charge in [-0.25, -0.2) is 4.98 Å². The van der Waals surface area contributed by atoms with Crippen molar-refractivity contribution in [3.8, 4) is 0 Å². The van der Waals surface area contributed by atoms with Gasteiger partial charge in [-0.2, -0.15) is 0 Å². The van der Waals surface area contributed by atoms with Crippen LogP contribution in [-0.2, 0) is 11.3 Å². The third-order valence-corrected chi connectivity index (χ3v) is 4.07. The lowest BCUT2D eigenvalue weighted by Gasteiger charge is -2.28. The molecule has 4 heteroatoms. The highest BCUT2D eigenvalue weighted by atomic mass is 16.5. The van der Waals surface area contributed by atoms with Crippen LogP contribution in [0, 0.1) is 5.92 Å². The summed E-state index contributed by atoms with van der Waals surface area (Å²) in [7, 11) is 0. The predicted molar refractivity (Wildman–Crippen MR) is 77.1 cm³/mol. The average Bonchev–Trinajstić information content (AvgIpc) is 3.07. The summed E-state index contributed by atoms with van der Waals surface area (Å²) in [6.07, 6.45) is 7.73. The molecule has 1 fully saturated rings. The van der Waals surface area contributed by atoms with E-state index in [1.54, 1.807) is 0 Å². The Bertz CT molecular complexity index is 377. The van der Waals surface area contributed by atoms with E-state index in [2.05, 4.69) is 41.8 Å². The van der Waals surface area contributed by atoms with Crippen LogP contribution in [0.5, 0.6) is 0 Å². The van der Waals surface area contributed by atoms with E-state index in [1.807, 2.05) is 6.20 Å². The summed E-state index contributed by atoms with van der Waals surface area (Å²) in [6.45, 7) is 9.49. The second kappa shape index (κ2) is 7.06. The first kappa shape index (κ1) is 14.5. The summed E-state index contributed by atoms with van der Waals surface area (Å²) in [5, 5.41) is 3.69. The average molecular weight is 265 g/mol. The number of hydrogen-bond donors (Lipinski definition) is 1. The van der Waals surface area contributed by atoms with E-state index in [0.717, 1.165) is 39.0 Å². The molecule has 0 amide bonds. The first-order valence-corrected chi connectivity index (χ1v) is 7.67. The molecule has 1 aromatic rings. The molecule has 1 aliphatic rings. The quantitative estimate of drug-likeness (QED) is 0.824. The molecular formula is C15H27N3O. The molecule has 3 unspecified atom stereocenters. The molecule has 0 aliphatic carbocycles. The van der Waals surface area contributed by atoms with Crippen LogP contribution < -0.4 is 5.32 Å². The minimum atomic E-state index is 0.322. The fourth-order valence-electron chi connectivity index (χ4n) is 3.07. The first-order chi connectivity index (χ1) is 9.31. The van der Waals surface area contributed by atoms with Gasteiger partial charge in [-0.3, -0.25) is 0 Å². The lowest BCUT2D eigenvalue weighted by molar-refractivity contribution is 0.0760. The molecule has 3 atom stereocenters. The van der Waals surface area contributed by atoms with Crippen LogP contribution in [0.3, 0.4) is 0 Å². The second-order valence-electron chi connectivity index (χ2n) is 5.27. The Balaban J connectivity index is 2.20. The topological polar surface area (TPSA) is 39.1 Å². The van der Waals surface area contributed by atoms with E-state index in [1.165, 1.54) is 5.82 Å². The minimum Gasteiger partial charge on any atom is -0.378 e. The van der Waals surface area contributed by atoms with Crippen molar-refractivity contribution in [3.05, 3.63) is 18.2 Å². The molecule has 1 saturated heterocycles. The minimum absolute atomic E-state index is 0.322. The van der Waals surface area contributed by atoms with Crippen molar-refractivity contribution < 1.29 is 4.74 Å². The standard InChI is InChI=1S/C15H27N3O/c1-4-8-16-14(12-7-11-19-13(12)5-2)15-17-9-10-18(15)6-3/h9-10,12-14,16H,4-8,11H2,1-3H3. The van der Waals surface area contributed by atoms with Gasteiger partial charge in [-0.05, 0) is 32.7 Å². The van der Waals surface area contributed by atoms with Crippen LogP contribution in [0.4, 0.5) is 0 Å². The van der Waals surface area contributed by atoms with Gasteiger partial charge in [0.2, 0.25) is 0 Å². The van der Waals surface area contributed by atoms with Gasteiger partial charge in [0.1, 0.15) is 5.82 Å². The molecule has 0 aromatic carbocycles. The molecule has 108 valence electrons. The molecule has 1 aliphatic heterocycles. The van der Waals surface area contributed by atoms with Crippen molar-refractivity contribution in [2.75, 3.05) is 13.2 Å². The van der Waals surface area contributed by atoms with Crippen molar-refractivity contribution in [2.45, 2.75) is 58.7 Å². The molecule has 19 heavy (non-hydrogen) atoms. The van der Waals surface area contributed by atoms with Gasteiger partial charge in [-0.15, -0.1) is 0 Å². The fourth-order valence-corrected chi connectivity index (χ4v) is 3.07. The Morgan fingerprint density at radius 1 is 1.47 bits per heavy atom. The molecule has 0 spiro atoms. The van der Waals surface area contributed by atoms with Gasteiger partial charge in [-0.1, -0.05) is 13.8 Å². The van der Waals surface area contributed by atoms with Crippen LogP contribution in [0.1, 0.15) is 51.9 Å². The van der Waals surface area contributed by atoms with Gasteiger partial charge in [0.15, 0.2) is 0 Å². The van der Waals surface area contributed by atoms with Crippen LogP contribution in [0.15, 0.2) is 12.4 Å². The molecule has 2 rings (SSSR count). The van der Waals surface area contributed by atoms with E-state index >= 15 is 0 Å². The summed E-state index contributed by atoms with van der Waals surface area (Å²) in [5.74, 6) is 1.72. The van der Waals surface area contributed by atoms with Crippen LogP contribution >= 0.6 is 0 Å². The van der Waals surface area contributed by atoms with Crippen LogP contribution in [-0.4, -0.2) is 28.8 Å². The van der Waals surface area contributed by atoms with Gasteiger partial charge in [0, 0.05) is 31.5 Å². The monoisotopic (exact) mass is 265 g/mol. The third-order valence-electron chi connectivity index (χ3n) is 4.07. The lowest BCUT2D eigenvalue weighted by Crippen LogP contribution is -2.35. The number of rotatable bonds is 7. The highest BCUT2D eigenvalue weighted by Gasteiger charge is 2.36. The first-order valence-electron chi connectivity index (χ1n) is 7.67. The van der Waals surface area contributed by atoms with Gasteiger partial charge in [0.25, 0.3) is 0 Å². The number of nitrogens with zero attached hydrogens (tertiary/aromatic N) is 2. The van der Waals surface area contributed by atoms with Crippen molar-refractivity contribution in [3.63, 3.8) is 0 Å². The maximum atomic E-state index is 5.87. The molecule has 4 nitrogen and oxygen atoms in total. The molecule has 2 heterocycles. The molecule has 1 N–H and O–H groups in total. The number of aromatic nitrogens is 2. The predicted octanol–water partition coefficient (Wildman–Crippen LogP) is 2.76. The number of ether oxygens (including phenoxy) is 1. The Hall–Kier alpha value is -0.870. The summed E-state index contributed by atoms with van der Waals surface area (Å²) in [6, 6.07) is 0.322. The zero-order chi connectivity index (χ0) is 13.7. The number of aryl methyl sites for hydroxylation is 1. The number of hydrogen-bond acceptors (Lipinski definition) is 3. The molecule has 1 aromatic heterocycles. The van der Waals surface area contributed by atoms with Crippen molar-refractivity contribution >= 4 is 0 Å². The maximum Gasteiger partial charge on any atom is 0.126 e. The highest BCUT2D eigenvalue weighted by Crippen LogP contribution is 2.34. The molecule has 0 saturated carbocycles. The summed E-state index contributed by atoms with van der Waals surface area (Å²) in [5.41, 5.74) is 0. The van der Waals surface area contributed by atoms with E-state index in [4.69, 9.17) is 4.74 Å². The second-order valence-corrected chi connectivity index (χ2v) is 5.27.